The van der Waals surface area contributed by atoms with Gasteiger partial charge in [-0.2, -0.15) is 0 Å². The number of hydrogen-bond acceptors (Lipinski definition) is 3. The number of carbonyl (C=O) groups excluding carboxylic acids is 1. The molecule has 21 heavy (non-hydrogen) atoms. The molecule has 0 radical (unpaired) electrons. The van der Waals surface area contributed by atoms with E-state index in [0.29, 0.717) is 6.42 Å². The van der Waals surface area contributed by atoms with E-state index in [4.69, 9.17) is 10.2 Å². The summed E-state index contributed by atoms with van der Waals surface area (Å²) in [7, 11) is 0. The fourth-order valence-electron chi connectivity index (χ4n) is 1.48. The third-order valence-corrected chi connectivity index (χ3v) is 2.44. The molecule has 0 aliphatic heterocycles. The van der Waals surface area contributed by atoms with E-state index in [9.17, 15) is 9.59 Å². The first-order valence-corrected chi connectivity index (χ1v) is 7.47. The van der Waals surface area contributed by atoms with Crippen LogP contribution in [0.15, 0.2) is 25.3 Å². The van der Waals surface area contributed by atoms with Crippen molar-refractivity contribution in [2.24, 2.45) is 5.92 Å². The SMILES string of the molecule is C=CC.C=CC.CCCCCCCC(C(=O)O)C(=O)CO. The van der Waals surface area contributed by atoms with Gasteiger partial charge in [0.2, 0.25) is 0 Å². The summed E-state index contributed by atoms with van der Waals surface area (Å²) < 4.78 is 0. The first-order chi connectivity index (χ1) is 9.96. The van der Waals surface area contributed by atoms with Crippen molar-refractivity contribution in [1.82, 2.24) is 0 Å². The molecular formula is C17H32O4. The molecule has 0 aliphatic carbocycles. The molecule has 0 aromatic heterocycles. The highest BCUT2D eigenvalue weighted by molar-refractivity contribution is 5.98. The average Bonchev–Trinajstić information content (AvgIpc) is 2.43. The minimum absolute atomic E-state index is 0.346. The number of hydrogen-bond donors (Lipinski definition) is 2. The predicted molar refractivity (Wildman–Crippen MR) is 88.3 cm³/mol. The van der Waals surface area contributed by atoms with Crippen LogP contribution in [0.5, 0.6) is 0 Å². The fraction of sp³-hybridized carbons (Fsp3) is 0.647. The number of Topliss-reactive ketones (excluding diaryl/α,β-unsaturated/α-hetero) is 1. The number of aliphatic hydroxyl groups excluding tert-OH is 1. The number of carbonyl (C=O) groups is 2. The lowest BCUT2D eigenvalue weighted by Gasteiger charge is -2.08. The molecule has 0 saturated heterocycles. The van der Waals surface area contributed by atoms with Crippen LogP contribution in [0.2, 0.25) is 0 Å². The van der Waals surface area contributed by atoms with Crippen LogP contribution in [0.1, 0.15) is 59.3 Å². The van der Waals surface area contributed by atoms with Crippen LogP contribution >= 0.6 is 0 Å². The quantitative estimate of drug-likeness (QED) is 0.383. The van der Waals surface area contributed by atoms with Crippen LogP contribution in [0.3, 0.4) is 0 Å². The molecular weight excluding hydrogens is 268 g/mol. The number of carboxylic acids is 1. The second kappa shape index (κ2) is 20.9. The minimum atomic E-state index is -1.12. The molecule has 0 aliphatic rings. The van der Waals surface area contributed by atoms with Gasteiger partial charge in [0.25, 0.3) is 0 Å². The van der Waals surface area contributed by atoms with Crippen molar-refractivity contribution < 1.29 is 19.8 Å². The maximum absolute atomic E-state index is 11.0. The first-order valence-electron chi connectivity index (χ1n) is 7.47. The summed E-state index contributed by atoms with van der Waals surface area (Å²) in [4.78, 5) is 21.7. The van der Waals surface area contributed by atoms with Crippen LogP contribution in [0.25, 0.3) is 0 Å². The van der Waals surface area contributed by atoms with Crippen molar-refractivity contribution in [3.63, 3.8) is 0 Å². The normalized spacial score (nSPS) is 10.1. The molecule has 0 fully saturated rings. The maximum atomic E-state index is 11.0. The Labute approximate surface area is 129 Å². The Morgan fingerprint density at radius 2 is 1.48 bits per heavy atom. The van der Waals surface area contributed by atoms with Gasteiger partial charge in [-0.1, -0.05) is 51.2 Å². The standard InChI is InChI=1S/C11H20O4.2C3H6/c1-2-3-4-5-6-7-9(11(14)15)10(13)8-12;2*1-3-2/h9,12H,2-8H2,1H3,(H,14,15);2*3H,1H2,2H3. The van der Waals surface area contributed by atoms with Gasteiger partial charge in [-0.25, -0.2) is 0 Å². The lowest BCUT2D eigenvalue weighted by molar-refractivity contribution is -0.147. The van der Waals surface area contributed by atoms with Crippen molar-refractivity contribution >= 4 is 11.8 Å². The molecule has 124 valence electrons. The Kier molecular flexibility index (Phi) is 24.5. The van der Waals surface area contributed by atoms with E-state index < -0.39 is 24.3 Å². The maximum Gasteiger partial charge on any atom is 0.314 e. The largest absolute Gasteiger partial charge is 0.481 e. The van der Waals surface area contributed by atoms with Crippen LogP contribution in [0, 0.1) is 5.92 Å². The van der Waals surface area contributed by atoms with E-state index in [0.717, 1.165) is 32.1 Å². The number of aliphatic carboxylic acids is 1. The van der Waals surface area contributed by atoms with E-state index in [1.165, 1.54) is 0 Å². The van der Waals surface area contributed by atoms with Crippen LogP contribution in [-0.4, -0.2) is 28.6 Å². The van der Waals surface area contributed by atoms with Gasteiger partial charge in [0.05, 0.1) is 0 Å². The molecule has 1 unspecified atom stereocenters. The van der Waals surface area contributed by atoms with Crippen molar-refractivity contribution in [2.75, 3.05) is 6.61 Å². The molecule has 1 atom stereocenters. The van der Waals surface area contributed by atoms with Gasteiger partial charge < -0.3 is 10.2 Å². The molecule has 0 spiro atoms. The summed E-state index contributed by atoms with van der Waals surface area (Å²) in [6, 6.07) is 0. The number of ketones is 1. The Balaban J connectivity index is -0.000000460. The highest BCUT2D eigenvalue weighted by atomic mass is 16.4. The molecule has 0 bridgehead atoms. The van der Waals surface area contributed by atoms with Gasteiger partial charge in [-0.3, -0.25) is 9.59 Å². The minimum Gasteiger partial charge on any atom is -0.481 e. The molecule has 0 heterocycles. The van der Waals surface area contributed by atoms with Gasteiger partial charge in [0.1, 0.15) is 12.5 Å². The van der Waals surface area contributed by atoms with Gasteiger partial charge in [-0.05, 0) is 20.3 Å². The Morgan fingerprint density at radius 1 is 1.05 bits per heavy atom. The first kappa shape index (κ1) is 24.6. The third kappa shape index (κ3) is 21.0. The van der Waals surface area contributed by atoms with E-state index in [2.05, 4.69) is 20.1 Å². The summed E-state index contributed by atoms with van der Waals surface area (Å²) in [6.07, 6.45) is 8.90. The summed E-state index contributed by atoms with van der Waals surface area (Å²) >= 11 is 0. The zero-order valence-corrected chi connectivity index (χ0v) is 13.8. The van der Waals surface area contributed by atoms with Gasteiger partial charge in [-0.15, -0.1) is 13.2 Å². The summed E-state index contributed by atoms with van der Waals surface area (Å²) in [6.45, 7) is 11.9. The monoisotopic (exact) mass is 300 g/mol. The van der Waals surface area contributed by atoms with Gasteiger partial charge >= 0.3 is 5.97 Å². The number of aliphatic hydroxyl groups is 1. The summed E-state index contributed by atoms with van der Waals surface area (Å²) in [5, 5.41) is 17.3. The van der Waals surface area contributed by atoms with E-state index in [1.807, 2.05) is 13.8 Å². The van der Waals surface area contributed by atoms with Crippen LogP contribution in [0.4, 0.5) is 0 Å². The zero-order chi connectivity index (χ0) is 17.1. The molecule has 4 nitrogen and oxygen atoms in total. The number of unbranched alkanes of at least 4 members (excludes halogenated alkanes) is 4. The van der Waals surface area contributed by atoms with Crippen LogP contribution in [-0.2, 0) is 9.59 Å². The van der Waals surface area contributed by atoms with E-state index in [-0.39, 0.29) is 0 Å². The number of allylic oxidation sites excluding steroid dienone is 2. The zero-order valence-electron chi connectivity index (χ0n) is 13.8. The molecule has 0 rings (SSSR count). The van der Waals surface area contributed by atoms with Gasteiger partial charge in [0, 0.05) is 0 Å². The van der Waals surface area contributed by atoms with E-state index >= 15 is 0 Å². The number of rotatable bonds is 9. The number of carboxylic acid groups (broad SMARTS) is 1. The van der Waals surface area contributed by atoms with Crippen LogP contribution < -0.4 is 0 Å². The summed E-state index contributed by atoms with van der Waals surface area (Å²) in [5.74, 6) is -2.72. The average molecular weight is 300 g/mol. The molecule has 0 aromatic rings. The third-order valence-electron chi connectivity index (χ3n) is 2.44. The van der Waals surface area contributed by atoms with Crippen molar-refractivity contribution in [3.05, 3.63) is 25.3 Å². The Bertz CT molecular complexity index is 266. The Hall–Kier alpha value is -1.42. The summed E-state index contributed by atoms with van der Waals surface area (Å²) in [5.41, 5.74) is 0. The molecule has 0 amide bonds. The van der Waals surface area contributed by atoms with Gasteiger partial charge in [0.15, 0.2) is 5.78 Å². The van der Waals surface area contributed by atoms with E-state index in [1.54, 1.807) is 12.2 Å². The highest BCUT2D eigenvalue weighted by Gasteiger charge is 2.24. The fourth-order valence-corrected chi connectivity index (χ4v) is 1.48. The topological polar surface area (TPSA) is 74.6 Å². The Morgan fingerprint density at radius 3 is 1.81 bits per heavy atom. The second-order valence-corrected chi connectivity index (χ2v) is 4.53. The smallest absolute Gasteiger partial charge is 0.314 e. The second-order valence-electron chi connectivity index (χ2n) is 4.53. The van der Waals surface area contributed by atoms with Crippen molar-refractivity contribution in [3.8, 4) is 0 Å². The highest BCUT2D eigenvalue weighted by Crippen LogP contribution is 2.13. The molecule has 4 heteroatoms. The predicted octanol–water partition coefficient (Wildman–Crippen LogP) is 3.99. The molecule has 2 N–H and O–H groups in total. The lowest BCUT2D eigenvalue weighted by atomic mass is 9.97. The molecule has 0 saturated carbocycles. The lowest BCUT2D eigenvalue weighted by Crippen LogP contribution is -2.26. The van der Waals surface area contributed by atoms with Crippen molar-refractivity contribution in [2.45, 2.75) is 59.3 Å². The molecule has 0 aromatic carbocycles. The van der Waals surface area contributed by atoms with Crippen molar-refractivity contribution in [1.29, 1.82) is 0 Å².